The van der Waals surface area contributed by atoms with E-state index in [9.17, 15) is 9.90 Å². The van der Waals surface area contributed by atoms with Gasteiger partial charge in [0.1, 0.15) is 0 Å². The van der Waals surface area contributed by atoms with Crippen molar-refractivity contribution in [2.45, 2.75) is 16.2 Å². The molecule has 0 aliphatic heterocycles. The molecule has 0 aliphatic rings. The Balaban J connectivity index is 0.00000180. The molecule has 0 aliphatic carbocycles. The molecule has 92 valence electrons. The number of hydrogen-bond donors (Lipinski definition) is 1. The van der Waals surface area contributed by atoms with E-state index in [1.165, 1.54) is 11.8 Å². The van der Waals surface area contributed by atoms with Crippen LogP contribution in [0.15, 0.2) is 58.3 Å². The quantitative estimate of drug-likeness (QED) is 0.560. The van der Waals surface area contributed by atoms with Gasteiger partial charge >= 0.3 is 29.6 Å². The van der Waals surface area contributed by atoms with E-state index in [0.29, 0.717) is 11.3 Å². The maximum atomic E-state index is 10.6. The van der Waals surface area contributed by atoms with E-state index in [-0.39, 0.29) is 36.0 Å². The third-order valence-electron chi connectivity index (χ3n) is 2.46. The molecule has 0 unspecified atom stereocenters. The van der Waals surface area contributed by atoms with Gasteiger partial charge in [0.2, 0.25) is 0 Å². The molecule has 0 aromatic heterocycles. The first-order valence-electron chi connectivity index (χ1n) is 5.47. The average molecular weight is 281 g/mol. The van der Waals surface area contributed by atoms with Crippen molar-refractivity contribution in [2.24, 2.45) is 0 Å². The first kappa shape index (κ1) is 16.1. The molecule has 0 spiro atoms. The van der Waals surface area contributed by atoms with Crippen molar-refractivity contribution in [2.75, 3.05) is 5.73 Å². The van der Waals surface area contributed by atoms with Crippen molar-refractivity contribution in [3.63, 3.8) is 0 Å². The Labute approximate surface area is 138 Å². The Morgan fingerprint density at radius 1 is 1.11 bits per heavy atom. The molecule has 2 N–H and O–H groups in total. The van der Waals surface area contributed by atoms with Crippen molar-refractivity contribution < 1.29 is 39.5 Å². The number of nitrogens with two attached hydrogens (primary N) is 1. The van der Waals surface area contributed by atoms with Crippen LogP contribution in [0.1, 0.15) is 5.56 Å². The Hall–Kier alpha value is -0.940. The molecule has 19 heavy (non-hydrogen) atoms. The monoisotopic (exact) mass is 281 g/mol. The predicted octanol–water partition coefficient (Wildman–Crippen LogP) is -1.28. The molecule has 2 aromatic carbocycles. The van der Waals surface area contributed by atoms with E-state index in [1.54, 1.807) is 12.1 Å². The van der Waals surface area contributed by atoms with Crippen LogP contribution in [0.25, 0.3) is 0 Å². The minimum Gasteiger partial charge on any atom is -0.550 e. The summed E-state index contributed by atoms with van der Waals surface area (Å²) in [5, 5.41) is 10.6. The summed E-state index contributed by atoms with van der Waals surface area (Å²) in [6.45, 7) is 0. The third kappa shape index (κ3) is 4.58. The molecule has 0 heterocycles. The first-order valence-corrected chi connectivity index (χ1v) is 6.28. The molecular formula is C14H12NNaO2S. The van der Waals surface area contributed by atoms with E-state index in [0.717, 1.165) is 9.79 Å². The summed E-state index contributed by atoms with van der Waals surface area (Å²) in [6, 6.07) is 15.2. The maximum Gasteiger partial charge on any atom is 1.00 e. The van der Waals surface area contributed by atoms with Crippen molar-refractivity contribution in [3.8, 4) is 0 Å². The van der Waals surface area contributed by atoms with Crippen molar-refractivity contribution >= 4 is 23.4 Å². The number of benzene rings is 2. The zero-order valence-electron chi connectivity index (χ0n) is 10.6. The zero-order chi connectivity index (χ0) is 13.0. The number of para-hydroxylation sites is 1. The molecule has 0 amide bonds. The Kier molecular flexibility index (Phi) is 6.45. The standard InChI is InChI=1S/C14H13NO2S.Na/c15-14-10(9-13(16)17)5-4-8-12(14)18-11-6-2-1-3-7-11;/h1-8H,9,15H2,(H,16,17);/q;+1/p-1. The summed E-state index contributed by atoms with van der Waals surface area (Å²) >= 11 is 1.52. The molecular weight excluding hydrogens is 269 g/mol. The number of carbonyl (C=O) groups excluding carboxylic acids is 1. The van der Waals surface area contributed by atoms with Crippen LogP contribution in [0.4, 0.5) is 5.69 Å². The van der Waals surface area contributed by atoms with Crippen LogP contribution >= 0.6 is 11.8 Å². The molecule has 0 saturated carbocycles. The van der Waals surface area contributed by atoms with Gasteiger partial charge < -0.3 is 15.6 Å². The molecule has 2 rings (SSSR count). The normalized spacial score (nSPS) is 9.68. The molecule has 0 saturated heterocycles. The van der Waals surface area contributed by atoms with Gasteiger partial charge in [0.25, 0.3) is 0 Å². The summed E-state index contributed by atoms with van der Waals surface area (Å²) in [4.78, 5) is 12.5. The van der Waals surface area contributed by atoms with Gasteiger partial charge in [0.05, 0.1) is 0 Å². The molecule has 2 aromatic rings. The largest absolute Gasteiger partial charge is 1.00 e. The molecule has 0 fully saturated rings. The molecule has 0 bridgehead atoms. The number of carbonyl (C=O) groups is 1. The van der Waals surface area contributed by atoms with Crippen LogP contribution in [-0.2, 0) is 11.2 Å². The Morgan fingerprint density at radius 2 is 1.79 bits per heavy atom. The van der Waals surface area contributed by atoms with Gasteiger partial charge in [0, 0.05) is 27.9 Å². The third-order valence-corrected chi connectivity index (χ3v) is 3.55. The minimum absolute atomic E-state index is 0. The number of rotatable bonds is 4. The molecule has 0 radical (unpaired) electrons. The number of anilines is 1. The smallest absolute Gasteiger partial charge is 0.550 e. The van der Waals surface area contributed by atoms with Gasteiger partial charge in [-0.15, -0.1) is 0 Å². The number of hydrogen-bond acceptors (Lipinski definition) is 4. The van der Waals surface area contributed by atoms with Crippen LogP contribution in [-0.4, -0.2) is 5.97 Å². The van der Waals surface area contributed by atoms with Crippen molar-refractivity contribution in [1.29, 1.82) is 0 Å². The number of aliphatic carboxylic acids is 1. The van der Waals surface area contributed by atoms with Gasteiger partial charge in [-0.2, -0.15) is 0 Å². The summed E-state index contributed by atoms with van der Waals surface area (Å²) in [5.41, 5.74) is 7.07. The second kappa shape index (κ2) is 7.60. The summed E-state index contributed by atoms with van der Waals surface area (Å²) in [7, 11) is 0. The van der Waals surface area contributed by atoms with E-state index in [4.69, 9.17) is 5.73 Å². The van der Waals surface area contributed by atoms with Crippen LogP contribution in [0.3, 0.4) is 0 Å². The fourth-order valence-corrected chi connectivity index (χ4v) is 2.54. The molecule has 3 nitrogen and oxygen atoms in total. The summed E-state index contributed by atoms with van der Waals surface area (Å²) in [6.07, 6.45) is -0.158. The average Bonchev–Trinajstić information content (AvgIpc) is 2.35. The van der Waals surface area contributed by atoms with E-state index < -0.39 is 5.97 Å². The maximum absolute atomic E-state index is 10.6. The van der Waals surface area contributed by atoms with Gasteiger partial charge in [-0.25, -0.2) is 0 Å². The first-order chi connectivity index (χ1) is 8.66. The van der Waals surface area contributed by atoms with Crippen molar-refractivity contribution in [3.05, 3.63) is 54.1 Å². The number of carboxylic acid groups (broad SMARTS) is 1. The Bertz CT molecular complexity index is 561. The van der Waals surface area contributed by atoms with Crippen LogP contribution in [0, 0.1) is 0 Å². The van der Waals surface area contributed by atoms with E-state index in [1.807, 2.05) is 36.4 Å². The van der Waals surface area contributed by atoms with Gasteiger partial charge in [0.15, 0.2) is 0 Å². The second-order valence-electron chi connectivity index (χ2n) is 3.79. The fraction of sp³-hybridized carbons (Fsp3) is 0.0714. The van der Waals surface area contributed by atoms with Crippen molar-refractivity contribution in [1.82, 2.24) is 0 Å². The van der Waals surface area contributed by atoms with Gasteiger partial charge in [-0.3, -0.25) is 0 Å². The summed E-state index contributed by atoms with van der Waals surface area (Å²) < 4.78 is 0. The minimum atomic E-state index is -1.12. The van der Waals surface area contributed by atoms with Crippen LogP contribution in [0.5, 0.6) is 0 Å². The number of carboxylic acids is 1. The Morgan fingerprint density at radius 3 is 2.42 bits per heavy atom. The molecule has 0 atom stereocenters. The molecule has 5 heteroatoms. The van der Waals surface area contributed by atoms with Gasteiger partial charge in [-0.1, -0.05) is 42.1 Å². The van der Waals surface area contributed by atoms with E-state index >= 15 is 0 Å². The topological polar surface area (TPSA) is 66.2 Å². The van der Waals surface area contributed by atoms with Crippen LogP contribution < -0.4 is 40.4 Å². The van der Waals surface area contributed by atoms with Crippen LogP contribution in [0.2, 0.25) is 0 Å². The predicted molar refractivity (Wildman–Crippen MR) is 70.1 cm³/mol. The number of nitrogen functional groups attached to an aromatic ring is 1. The van der Waals surface area contributed by atoms with Gasteiger partial charge in [-0.05, 0) is 23.8 Å². The SMILES string of the molecule is Nc1c(CC(=O)[O-])cccc1Sc1ccccc1.[Na+]. The second-order valence-corrected chi connectivity index (χ2v) is 4.91. The fourth-order valence-electron chi connectivity index (χ4n) is 1.60. The summed E-state index contributed by atoms with van der Waals surface area (Å²) in [5.74, 6) is -1.12. The zero-order valence-corrected chi connectivity index (χ0v) is 13.4. The van der Waals surface area contributed by atoms with E-state index in [2.05, 4.69) is 0 Å².